The minimum atomic E-state index is -0.517. The number of fused-ring (bicyclic) bond motifs is 1. The molecule has 1 saturated carbocycles. The van der Waals surface area contributed by atoms with Gasteiger partial charge in [-0.3, -0.25) is 4.79 Å². The van der Waals surface area contributed by atoms with Crippen molar-refractivity contribution in [2.45, 2.75) is 31.2 Å². The Bertz CT molecular complexity index is 424. The molecular weight excluding hydrogens is 212 g/mol. The predicted octanol–water partition coefficient (Wildman–Crippen LogP) is 1.11. The summed E-state index contributed by atoms with van der Waals surface area (Å²) in [5.41, 5.74) is 8.23. The van der Waals surface area contributed by atoms with Gasteiger partial charge in [-0.1, -0.05) is 24.3 Å². The molecule has 1 aromatic rings. The van der Waals surface area contributed by atoms with E-state index < -0.39 is 5.54 Å². The monoisotopic (exact) mass is 230 g/mol. The van der Waals surface area contributed by atoms with E-state index in [-0.39, 0.29) is 5.91 Å². The van der Waals surface area contributed by atoms with E-state index >= 15 is 0 Å². The normalized spacial score (nSPS) is 21.6. The molecule has 0 bridgehead atoms. The molecule has 2 N–H and O–H groups in total. The molecule has 0 radical (unpaired) electrons. The minimum Gasteiger partial charge on any atom is -0.340 e. The summed E-state index contributed by atoms with van der Waals surface area (Å²) >= 11 is 0. The lowest BCUT2D eigenvalue weighted by atomic mass is 10.0. The second kappa shape index (κ2) is 3.84. The van der Waals surface area contributed by atoms with Gasteiger partial charge < -0.3 is 10.6 Å². The van der Waals surface area contributed by atoms with Gasteiger partial charge >= 0.3 is 0 Å². The molecule has 0 atom stereocenters. The second-order valence-corrected chi connectivity index (χ2v) is 5.22. The van der Waals surface area contributed by atoms with Crippen LogP contribution in [0.1, 0.15) is 24.0 Å². The van der Waals surface area contributed by atoms with Crippen LogP contribution in [0, 0.1) is 0 Å². The van der Waals surface area contributed by atoms with Gasteiger partial charge in [0.1, 0.15) is 0 Å². The van der Waals surface area contributed by atoms with E-state index in [1.165, 1.54) is 11.1 Å². The van der Waals surface area contributed by atoms with Crippen LogP contribution in [0.3, 0.4) is 0 Å². The molecule has 1 amide bonds. The quantitative estimate of drug-likeness (QED) is 0.785. The zero-order valence-electron chi connectivity index (χ0n) is 9.98. The Kier molecular flexibility index (Phi) is 2.44. The van der Waals surface area contributed by atoms with Crippen LogP contribution in [-0.4, -0.2) is 29.4 Å². The van der Waals surface area contributed by atoms with Crippen molar-refractivity contribution < 1.29 is 4.79 Å². The highest BCUT2D eigenvalue weighted by molar-refractivity contribution is 5.89. The number of nitrogens with two attached hydrogens (primary N) is 1. The molecule has 0 spiro atoms. The number of carbonyl (C=O) groups is 1. The van der Waals surface area contributed by atoms with Crippen LogP contribution in [0.5, 0.6) is 0 Å². The predicted molar refractivity (Wildman–Crippen MR) is 66.6 cm³/mol. The number of amides is 1. The number of nitrogens with zero attached hydrogens (tertiary/aromatic N) is 1. The molecule has 2 aliphatic rings. The number of hydrogen-bond donors (Lipinski definition) is 1. The Morgan fingerprint density at radius 2 is 1.65 bits per heavy atom. The van der Waals surface area contributed by atoms with Gasteiger partial charge in [0.15, 0.2) is 0 Å². The topological polar surface area (TPSA) is 46.3 Å². The molecule has 0 saturated heterocycles. The van der Waals surface area contributed by atoms with E-state index in [4.69, 9.17) is 5.73 Å². The zero-order chi connectivity index (χ0) is 11.9. The second-order valence-electron chi connectivity index (χ2n) is 5.22. The van der Waals surface area contributed by atoms with Crippen LogP contribution in [0.2, 0.25) is 0 Å². The Morgan fingerprint density at radius 3 is 2.12 bits per heavy atom. The molecule has 3 nitrogen and oxygen atoms in total. The van der Waals surface area contributed by atoms with Crippen molar-refractivity contribution >= 4 is 5.91 Å². The molecular formula is C14H18N2O. The Balaban J connectivity index is 1.75. The fraction of sp³-hybridized carbons (Fsp3) is 0.500. The van der Waals surface area contributed by atoms with Gasteiger partial charge in [0, 0.05) is 13.1 Å². The van der Waals surface area contributed by atoms with Crippen LogP contribution >= 0.6 is 0 Å². The first-order chi connectivity index (χ1) is 8.19. The summed E-state index contributed by atoms with van der Waals surface area (Å²) in [6, 6.07) is 8.47. The van der Waals surface area contributed by atoms with Gasteiger partial charge in [0.05, 0.1) is 5.54 Å². The molecule has 3 heteroatoms. The highest BCUT2D eigenvalue weighted by atomic mass is 16.2. The van der Waals surface area contributed by atoms with Crippen molar-refractivity contribution in [2.75, 3.05) is 13.1 Å². The van der Waals surface area contributed by atoms with Gasteiger partial charge in [-0.2, -0.15) is 0 Å². The van der Waals surface area contributed by atoms with Crippen molar-refractivity contribution in [1.82, 2.24) is 4.90 Å². The third-order valence-electron chi connectivity index (χ3n) is 3.92. The lowest BCUT2D eigenvalue weighted by Gasteiger charge is -2.23. The number of benzene rings is 1. The molecule has 1 heterocycles. The van der Waals surface area contributed by atoms with Gasteiger partial charge in [-0.25, -0.2) is 0 Å². The van der Waals surface area contributed by atoms with Gasteiger partial charge in [0.2, 0.25) is 5.91 Å². The van der Waals surface area contributed by atoms with E-state index in [2.05, 4.69) is 24.3 Å². The van der Waals surface area contributed by atoms with E-state index in [0.717, 1.165) is 38.8 Å². The fourth-order valence-electron chi connectivity index (χ4n) is 2.53. The average Bonchev–Trinajstić information content (AvgIpc) is 3.12. The molecule has 3 rings (SSSR count). The summed E-state index contributed by atoms with van der Waals surface area (Å²) in [4.78, 5) is 14.1. The van der Waals surface area contributed by atoms with Crippen LogP contribution < -0.4 is 5.73 Å². The van der Waals surface area contributed by atoms with Crippen molar-refractivity contribution in [2.24, 2.45) is 5.73 Å². The van der Waals surface area contributed by atoms with E-state index in [1.54, 1.807) is 0 Å². The highest BCUT2D eigenvalue weighted by Gasteiger charge is 2.48. The Labute approximate surface area is 102 Å². The molecule has 17 heavy (non-hydrogen) atoms. The molecule has 1 aliphatic heterocycles. The smallest absolute Gasteiger partial charge is 0.242 e. The average molecular weight is 230 g/mol. The maximum atomic E-state index is 12.2. The molecule has 1 aliphatic carbocycles. The summed E-state index contributed by atoms with van der Waals surface area (Å²) in [6.45, 7) is 1.63. The summed E-state index contributed by atoms with van der Waals surface area (Å²) in [5, 5.41) is 0. The maximum absolute atomic E-state index is 12.2. The third-order valence-corrected chi connectivity index (χ3v) is 3.92. The Morgan fingerprint density at radius 1 is 1.12 bits per heavy atom. The van der Waals surface area contributed by atoms with Gasteiger partial charge in [-0.15, -0.1) is 0 Å². The molecule has 0 unspecified atom stereocenters. The van der Waals surface area contributed by atoms with Crippen molar-refractivity contribution in [3.8, 4) is 0 Å². The lowest BCUT2D eigenvalue weighted by molar-refractivity contribution is -0.133. The van der Waals surface area contributed by atoms with Crippen LogP contribution in [0.4, 0.5) is 0 Å². The molecule has 90 valence electrons. The van der Waals surface area contributed by atoms with E-state index in [1.807, 2.05) is 4.90 Å². The van der Waals surface area contributed by atoms with Crippen molar-refractivity contribution in [1.29, 1.82) is 0 Å². The minimum absolute atomic E-state index is 0.158. The highest BCUT2D eigenvalue weighted by Crippen LogP contribution is 2.34. The first kappa shape index (κ1) is 10.8. The summed E-state index contributed by atoms with van der Waals surface area (Å²) in [7, 11) is 0. The number of rotatable bonds is 1. The zero-order valence-corrected chi connectivity index (χ0v) is 9.98. The fourth-order valence-corrected chi connectivity index (χ4v) is 2.53. The van der Waals surface area contributed by atoms with E-state index in [0.29, 0.717) is 0 Å². The molecule has 1 aromatic carbocycles. The van der Waals surface area contributed by atoms with Crippen LogP contribution in [0.15, 0.2) is 24.3 Å². The largest absolute Gasteiger partial charge is 0.340 e. The SMILES string of the molecule is NC1(C(=O)N2CCc3ccccc3CC2)CC1. The van der Waals surface area contributed by atoms with E-state index in [9.17, 15) is 4.79 Å². The Hall–Kier alpha value is -1.35. The molecule has 1 fully saturated rings. The molecule has 0 aromatic heterocycles. The summed E-state index contributed by atoms with van der Waals surface area (Å²) in [6.07, 6.45) is 3.63. The lowest BCUT2D eigenvalue weighted by Crippen LogP contribution is -2.46. The summed E-state index contributed by atoms with van der Waals surface area (Å²) in [5.74, 6) is 0.158. The van der Waals surface area contributed by atoms with Crippen molar-refractivity contribution in [3.63, 3.8) is 0 Å². The summed E-state index contributed by atoms with van der Waals surface area (Å²) < 4.78 is 0. The number of hydrogen-bond acceptors (Lipinski definition) is 2. The first-order valence-corrected chi connectivity index (χ1v) is 6.34. The standard InChI is InChI=1S/C14H18N2O/c15-14(7-8-14)13(17)16-9-5-11-3-1-2-4-12(11)6-10-16/h1-4H,5-10,15H2. The maximum Gasteiger partial charge on any atom is 0.242 e. The van der Waals surface area contributed by atoms with Crippen LogP contribution in [-0.2, 0) is 17.6 Å². The third kappa shape index (κ3) is 1.95. The van der Waals surface area contributed by atoms with Crippen LogP contribution in [0.25, 0.3) is 0 Å². The first-order valence-electron chi connectivity index (χ1n) is 6.34. The van der Waals surface area contributed by atoms with Crippen molar-refractivity contribution in [3.05, 3.63) is 35.4 Å². The van der Waals surface area contributed by atoms with Gasteiger partial charge in [0.25, 0.3) is 0 Å². The van der Waals surface area contributed by atoms with Gasteiger partial charge in [-0.05, 0) is 36.8 Å². The number of carbonyl (C=O) groups excluding carboxylic acids is 1.